The number of carbonyl (C=O) groups excluding carboxylic acids is 1. The lowest BCUT2D eigenvalue weighted by molar-refractivity contribution is -0.121. The summed E-state index contributed by atoms with van der Waals surface area (Å²) in [6.45, 7) is 5.79. The quantitative estimate of drug-likeness (QED) is 0.515. The third-order valence-electron chi connectivity index (χ3n) is 4.28. The lowest BCUT2D eigenvalue weighted by Gasteiger charge is -2.13. The minimum atomic E-state index is -0.519. The molecule has 1 aromatic carbocycles. The third kappa shape index (κ3) is 6.08. The Morgan fingerprint density at radius 1 is 1.10 bits per heavy atom. The van der Waals surface area contributed by atoms with Crippen molar-refractivity contribution in [1.82, 2.24) is 14.9 Å². The van der Waals surface area contributed by atoms with Crippen LogP contribution in [-0.2, 0) is 16.1 Å². The first-order chi connectivity index (χ1) is 14.0. The topological polar surface area (TPSA) is 112 Å². The highest BCUT2D eigenvalue weighted by molar-refractivity contribution is 5.81. The van der Waals surface area contributed by atoms with E-state index in [-0.39, 0.29) is 18.9 Å². The molecule has 0 fully saturated rings. The van der Waals surface area contributed by atoms with E-state index in [1.807, 2.05) is 13.8 Å². The molecule has 0 unspecified atom stereocenters. The Hall–Kier alpha value is -2.81. The van der Waals surface area contributed by atoms with Gasteiger partial charge in [0.2, 0.25) is 5.91 Å². The first-order valence-electron chi connectivity index (χ1n) is 9.83. The van der Waals surface area contributed by atoms with Crippen LogP contribution in [0.5, 0.6) is 11.5 Å². The van der Waals surface area contributed by atoms with Crippen molar-refractivity contribution in [2.24, 2.45) is 0 Å². The summed E-state index contributed by atoms with van der Waals surface area (Å²) in [5.74, 6) is 0.805. The normalized spacial score (nSPS) is 10.9. The molecule has 160 valence electrons. The molecule has 1 aromatic heterocycles. The van der Waals surface area contributed by atoms with Crippen molar-refractivity contribution >= 4 is 16.8 Å². The van der Waals surface area contributed by atoms with E-state index in [9.17, 15) is 14.4 Å². The van der Waals surface area contributed by atoms with Gasteiger partial charge in [-0.05, 0) is 32.8 Å². The summed E-state index contributed by atoms with van der Waals surface area (Å²) in [4.78, 5) is 39.8. The van der Waals surface area contributed by atoms with Crippen LogP contribution in [0.15, 0.2) is 21.7 Å². The second-order valence-electron chi connectivity index (χ2n) is 6.40. The summed E-state index contributed by atoms with van der Waals surface area (Å²) < 4.78 is 17.1. The number of rotatable bonds is 12. The van der Waals surface area contributed by atoms with E-state index < -0.39 is 11.2 Å². The molecule has 2 N–H and O–H groups in total. The van der Waals surface area contributed by atoms with Crippen LogP contribution in [0.1, 0.15) is 33.1 Å². The predicted molar refractivity (Wildman–Crippen MR) is 110 cm³/mol. The van der Waals surface area contributed by atoms with Crippen molar-refractivity contribution in [3.8, 4) is 11.5 Å². The third-order valence-corrected chi connectivity index (χ3v) is 4.28. The van der Waals surface area contributed by atoms with Crippen LogP contribution in [0.3, 0.4) is 0 Å². The van der Waals surface area contributed by atoms with Gasteiger partial charge in [0.25, 0.3) is 5.56 Å². The molecule has 0 radical (unpaired) electrons. The Labute approximate surface area is 169 Å². The number of hydrogen-bond acceptors (Lipinski definition) is 6. The molecule has 2 aromatic rings. The number of hydrogen-bond donors (Lipinski definition) is 2. The van der Waals surface area contributed by atoms with Gasteiger partial charge in [-0.3, -0.25) is 14.2 Å². The van der Waals surface area contributed by atoms with Gasteiger partial charge in [0.05, 0.1) is 24.1 Å². The number of carbonyl (C=O) groups is 1. The van der Waals surface area contributed by atoms with E-state index in [0.717, 1.165) is 11.0 Å². The van der Waals surface area contributed by atoms with Crippen LogP contribution in [0.25, 0.3) is 10.9 Å². The van der Waals surface area contributed by atoms with E-state index in [2.05, 4.69) is 10.3 Å². The molecule has 0 aliphatic rings. The van der Waals surface area contributed by atoms with Crippen LogP contribution in [0, 0.1) is 0 Å². The highest BCUT2D eigenvalue weighted by Gasteiger charge is 2.14. The van der Waals surface area contributed by atoms with Crippen molar-refractivity contribution in [3.63, 3.8) is 0 Å². The average molecular weight is 407 g/mol. The SMILES string of the molecule is CCOc1cc2[nH]c(=O)n(CCCC(=O)NCCCOC)c(=O)c2cc1OCC. The minimum absolute atomic E-state index is 0.119. The fourth-order valence-corrected chi connectivity index (χ4v) is 2.93. The average Bonchev–Trinajstić information content (AvgIpc) is 2.69. The summed E-state index contributed by atoms with van der Waals surface area (Å²) in [6, 6.07) is 3.19. The molecule has 0 saturated heterocycles. The van der Waals surface area contributed by atoms with Crippen molar-refractivity contribution in [1.29, 1.82) is 0 Å². The van der Waals surface area contributed by atoms with Gasteiger partial charge in [-0.15, -0.1) is 0 Å². The Bertz CT molecular complexity index is 934. The maximum Gasteiger partial charge on any atom is 0.328 e. The molecule has 0 saturated carbocycles. The van der Waals surface area contributed by atoms with Gasteiger partial charge in [-0.25, -0.2) is 4.79 Å². The zero-order valence-corrected chi connectivity index (χ0v) is 17.2. The zero-order chi connectivity index (χ0) is 21.2. The maximum absolute atomic E-state index is 12.8. The lowest BCUT2D eigenvalue weighted by Crippen LogP contribution is -2.35. The van der Waals surface area contributed by atoms with Gasteiger partial charge in [-0.1, -0.05) is 0 Å². The molecular weight excluding hydrogens is 378 g/mol. The molecule has 1 amide bonds. The lowest BCUT2D eigenvalue weighted by atomic mass is 10.2. The van der Waals surface area contributed by atoms with E-state index in [1.54, 1.807) is 19.2 Å². The second-order valence-corrected chi connectivity index (χ2v) is 6.40. The summed E-state index contributed by atoms with van der Waals surface area (Å²) in [5, 5.41) is 3.11. The van der Waals surface area contributed by atoms with Crippen LogP contribution >= 0.6 is 0 Å². The predicted octanol–water partition coefficient (Wildman–Crippen LogP) is 1.42. The van der Waals surface area contributed by atoms with Gasteiger partial charge in [0.15, 0.2) is 11.5 Å². The molecule has 0 spiro atoms. The molecule has 1 heterocycles. The highest BCUT2D eigenvalue weighted by atomic mass is 16.5. The van der Waals surface area contributed by atoms with Crippen LogP contribution < -0.4 is 26.0 Å². The van der Waals surface area contributed by atoms with Crippen LogP contribution in [-0.4, -0.2) is 48.9 Å². The maximum atomic E-state index is 12.8. The largest absolute Gasteiger partial charge is 0.490 e. The van der Waals surface area contributed by atoms with Gasteiger partial charge in [-0.2, -0.15) is 0 Å². The van der Waals surface area contributed by atoms with Gasteiger partial charge >= 0.3 is 5.69 Å². The molecule has 0 aliphatic carbocycles. The number of methoxy groups -OCH3 is 1. The van der Waals surface area contributed by atoms with Gasteiger partial charge < -0.3 is 24.5 Å². The van der Waals surface area contributed by atoms with Crippen molar-refractivity contribution in [3.05, 3.63) is 33.0 Å². The highest BCUT2D eigenvalue weighted by Crippen LogP contribution is 2.30. The number of fused-ring (bicyclic) bond motifs is 1. The summed E-state index contributed by atoms with van der Waals surface area (Å²) in [7, 11) is 1.61. The smallest absolute Gasteiger partial charge is 0.328 e. The number of aromatic amines is 1. The molecule has 9 heteroatoms. The summed E-state index contributed by atoms with van der Waals surface area (Å²) >= 11 is 0. The molecule has 2 rings (SSSR count). The van der Waals surface area contributed by atoms with Crippen molar-refractivity contribution in [2.75, 3.05) is 33.5 Å². The van der Waals surface area contributed by atoms with E-state index in [4.69, 9.17) is 14.2 Å². The Balaban J connectivity index is 2.15. The fraction of sp³-hybridized carbons (Fsp3) is 0.550. The Kier molecular flexibility index (Phi) is 8.72. The molecule has 0 aliphatic heterocycles. The Morgan fingerprint density at radius 2 is 1.79 bits per heavy atom. The minimum Gasteiger partial charge on any atom is -0.490 e. The number of ether oxygens (including phenoxy) is 3. The molecule has 9 nitrogen and oxygen atoms in total. The first-order valence-corrected chi connectivity index (χ1v) is 9.83. The van der Waals surface area contributed by atoms with Crippen LogP contribution in [0.4, 0.5) is 0 Å². The fourth-order valence-electron chi connectivity index (χ4n) is 2.93. The number of benzene rings is 1. The number of nitrogens with zero attached hydrogens (tertiary/aromatic N) is 1. The van der Waals surface area contributed by atoms with E-state index in [1.165, 1.54) is 0 Å². The number of amides is 1. The van der Waals surface area contributed by atoms with Gasteiger partial charge in [0, 0.05) is 39.3 Å². The molecule has 0 bridgehead atoms. The first kappa shape index (κ1) is 22.5. The van der Waals surface area contributed by atoms with E-state index in [0.29, 0.717) is 55.2 Å². The number of H-pyrrole nitrogens is 1. The van der Waals surface area contributed by atoms with Crippen LogP contribution in [0.2, 0.25) is 0 Å². The summed E-state index contributed by atoms with van der Waals surface area (Å²) in [5.41, 5.74) is -0.554. The van der Waals surface area contributed by atoms with E-state index >= 15 is 0 Å². The zero-order valence-electron chi connectivity index (χ0n) is 17.2. The molecular formula is C20H29N3O6. The summed E-state index contributed by atoms with van der Waals surface area (Å²) in [6.07, 6.45) is 1.34. The molecule has 29 heavy (non-hydrogen) atoms. The number of nitrogens with one attached hydrogen (secondary N) is 2. The van der Waals surface area contributed by atoms with Crippen molar-refractivity contribution < 1.29 is 19.0 Å². The molecule has 0 atom stereocenters. The Morgan fingerprint density at radius 3 is 2.45 bits per heavy atom. The monoisotopic (exact) mass is 407 g/mol. The number of aromatic nitrogens is 2. The van der Waals surface area contributed by atoms with Crippen molar-refractivity contribution in [2.45, 2.75) is 39.7 Å². The second kappa shape index (κ2) is 11.3. The van der Waals surface area contributed by atoms with Gasteiger partial charge in [0.1, 0.15) is 0 Å². The standard InChI is InChI=1S/C20H29N3O6/c1-4-28-16-12-14-15(13-17(16)29-5-2)22-20(26)23(19(14)25)10-6-8-18(24)21-9-7-11-27-3/h12-13H,4-11H2,1-3H3,(H,21,24)(H,22,26).